The van der Waals surface area contributed by atoms with Gasteiger partial charge in [0.2, 0.25) is 5.91 Å². The van der Waals surface area contributed by atoms with Crippen LogP contribution in [0.3, 0.4) is 0 Å². The van der Waals surface area contributed by atoms with Gasteiger partial charge < -0.3 is 11.1 Å². The second-order valence-electron chi connectivity index (χ2n) is 4.47. The van der Waals surface area contributed by atoms with Gasteiger partial charge in [0.15, 0.2) is 0 Å². The van der Waals surface area contributed by atoms with Gasteiger partial charge in [-0.25, -0.2) is 0 Å². The highest BCUT2D eigenvalue weighted by Crippen LogP contribution is 2.18. The van der Waals surface area contributed by atoms with Crippen LogP contribution in [0.2, 0.25) is 0 Å². The lowest BCUT2D eigenvalue weighted by molar-refractivity contribution is -0.126. The summed E-state index contributed by atoms with van der Waals surface area (Å²) in [5.74, 6) is -0.179. The highest BCUT2D eigenvalue weighted by molar-refractivity contribution is 7.80. The van der Waals surface area contributed by atoms with Gasteiger partial charge in [-0.1, -0.05) is 18.3 Å². The third-order valence-electron chi connectivity index (χ3n) is 2.72. The number of carbonyl (C=O) groups excluding carboxylic acids is 1. The zero-order chi connectivity index (χ0) is 13.1. The van der Waals surface area contributed by atoms with Crippen molar-refractivity contribution in [2.75, 3.05) is 0 Å². The van der Waals surface area contributed by atoms with Crippen LogP contribution >= 0.6 is 12.2 Å². The summed E-state index contributed by atoms with van der Waals surface area (Å²) >= 11 is 4.88. The first kappa shape index (κ1) is 13.6. The molecule has 0 radical (unpaired) electrons. The third-order valence-corrected chi connectivity index (χ3v) is 3.23. The fraction of sp³-hybridized carbons (Fsp3) is 0.417. The van der Waals surface area contributed by atoms with Crippen molar-refractivity contribution >= 4 is 23.1 Å². The van der Waals surface area contributed by atoms with Gasteiger partial charge in [-0.15, -0.1) is 0 Å². The Balaban J connectivity index is 2.74. The molecule has 0 spiro atoms. The summed E-state index contributed by atoms with van der Waals surface area (Å²) in [4.78, 5) is 16.2. The van der Waals surface area contributed by atoms with E-state index in [1.165, 1.54) is 0 Å². The van der Waals surface area contributed by atoms with E-state index in [4.69, 9.17) is 18.0 Å². The van der Waals surface area contributed by atoms with Gasteiger partial charge in [-0.05, 0) is 32.4 Å². The normalized spacial score (nSPS) is 12.9. The standard InChI is InChI=1S/C12H17N3OS/c1-8(9-5-4-6-14-7-9)15-11(16)12(2,3)10(13)17/h4-8H,1-3H3,(H2,13,17)(H,15,16). The Morgan fingerprint density at radius 3 is 2.71 bits per heavy atom. The Hall–Kier alpha value is -1.49. The first-order valence-corrected chi connectivity index (χ1v) is 5.77. The topological polar surface area (TPSA) is 68.0 Å². The van der Waals surface area contributed by atoms with E-state index >= 15 is 0 Å². The second-order valence-corrected chi connectivity index (χ2v) is 4.91. The van der Waals surface area contributed by atoms with Crippen LogP contribution in [0.25, 0.3) is 0 Å². The zero-order valence-electron chi connectivity index (χ0n) is 10.2. The third kappa shape index (κ3) is 3.23. The minimum Gasteiger partial charge on any atom is -0.392 e. The van der Waals surface area contributed by atoms with Crippen molar-refractivity contribution in [3.8, 4) is 0 Å². The molecule has 17 heavy (non-hydrogen) atoms. The van der Waals surface area contributed by atoms with Gasteiger partial charge >= 0.3 is 0 Å². The van der Waals surface area contributed by atoms with Crippen LogP contribution < -0.4 is 11.1 Å². The van der Waals surface area contributed by atoms with E-state index in [-0.39, 0.29) is 16.9 Å². The summed E-state index contributed by atoms with van der Waals surface area (Å²) < 4.78 is 0. The maximum absolute atomic E-state index is 12.0. The van der Waals surface area contributed by atoms with Crippen LogP contribution in [-0.2, 0) is 4.79 Å². The van der Waals surface area contributed by atoms with Crippen LogP contribution in [0.15, 0.2) is 24.5 Å². The van der Waals surface area contributed by atoms with Crippen LogP contribution in [0.1, 0.15) is 32.4 Å². The maximum Gasteiger partial charge on any atom is 0.232 e. The quantitative estimate of drug-likeness (QED) is 0.797. The molecule has 1 rings (SSSR count). The molecule has 0 aliphatic heterocycles. The fourth-order valence-electron chi connectivity index (χ4n) is 1.20. The summed E-state index contributed by atoms with van der Waals surface area (Å²) in [5, 5.41) is 2.87. The number of rotatable bonds is 4. The Bertz CT molecular complexity index is 417. The largest absolute Gasteiger partial charge is 0.392 e. The second kappa shape index (κ2) is 5.23. The van der Waals surface area contributed by atoms with E-state index in [2.05, 4.69) is 10.3 Å². The number of hydrogen-bond donors (Lipinski definition) is 2. The SMILES string of the molecule is CC(NC(=O)C(C)(C)C(N)=S)c1cccnc1. The summed E-state index contributed by atoms with van der Waals surface area (Å²) in [7, 11) is 0. The summed E-state index contributed by atoms with van der Waals surface area (Å²) in [5.41, 5.74) is 5.65. The highest BCUT2D eigenvalue weighted by atomic mass is 32.1. The Morgan fingerprint density at radius 2 is 2.24 bits per heavy atom. The molecule has 0 bridgehead atoms. The van der Waals surface area contributed by atoms with Crippen molar-refractivity contribution in [3.63, 3.8) is 0 Å². The summed E-state index contributed by atoms with van der Waals surface area (Å²) in [6, 6.07) is 3.62. The van der Waals surface area contributed by atoms with E-state index in [9.17, 15) is 4.79 Å². The highest BCUT2D eigenvalue weighted by Gasteiger charge is 2.31. The Labute approximate surface area is 107 Å². The molecule has 0 saturated heterocycles. The predicted molar refractivity (Wildman–Crippen MR) is 71.4 cm³/mol. The maximum atomic E-state index is 12.0. The van der Waals surface area contributed by atoms with Gasteiger partial charge in [0.25, 0.3) is 0 Å². The average Bonchev–Trinajstić information content (AvgIpc) is 2.29. The Kier molecular flexibility index (Phi) is 4.17. The molecule has 3 N–H and O–H groups in total. The number of pyridine rings is 1. The molecule has 1 atom stereocenters. The lowest BCUT2D eigenvalue weighted by atomic mass is 9.92. The van der Waals surface area contributed by atoms with Gasteiger partial charge in [0.05, 0.1) is 16.4 Å². The molecule has 0 aromatic carbocycles. The first-order chi connectivity index (χ1) is 7.85. The van der Waals surface area contributed by atoms with E-state index in [0.29, 0.717) is 0 Å². The smallest absolute Gasteiger partial charge is 0.232 e. The van der Waals surface area contributed by atoms with Crippen LogP contribution in [-0.4, -0.2) is 15.9 Å². The number of nitrogens with one attached hydrogen (secondary N) is 1. The molecule has 1 heterocycles. The van der Waals surface area contributed by atoms with Crippen LogP contribution in [0, 0.1) is 5.41 Å². The van der Waals surface area contributed by atoms with Crippen molar-refractivity contribution in [1.29, 1.82) is 0 Å². The molecular weight excluding hydrogens is 234 g/mol. The minimum absolute atomic E-state index is 0.121. The van der Waals surface area contributed by atoms with E-state index in [0.717, 1.165) is 5.56 Å². The van der Waals surface area contributed by atoms with Crippen LogP contribution in [0.4, 0.5) is 0 Å². The lowest BCUT2D eigenvalue weighted by Crippen LogP contribution is -2.45. The predicted octanol–water partition coefficient (Wildman–Crippen LogP) is 1.57. The average molecular weight is 251 g/mol. The molecule has 1 aromatic heterocycles. The molecule has 5 heteroatoms. The van der Waals surface area contributed by atoms with Crippen molar-refractivity contribution < 1.29 is 4.79 Å². The van der Waals surface area contributed by atoms with E-state index in [1.807, 2.05) is 19.1 Å². The molecule has 0 fully saturated rings. The fourth-order valence-corrected chi connectivity index (χ4v) is 1.30. The van der Waals surface area contributed by atoms with Gasteiger partial charge in [-0.2, -0.15) is 0 Å². The van der Waals surface area contributed by atoms with Crippen molar-refractivity contribution in [1.82, 2.24) is 10.3 Å². The van der Waals surface area contributed by atoms with E-state index in [1.54, 1.807) is 26.2 Å². The molecule has 4 nitrogen and oxygen atoms in total. The molecule has 0 saturated carbocycles. The number of amides is 1. The van der Waals surface area contributed by atoms with E-state index < -0.39 is 5.41 Å². The number of aromatic nitrogens is 1. The minimum atomic E-state index is -0.841. The van der Waals surface area contributed by atoms with Gasteiger partial charge in [0.1, 0.15) is 0 Å². The molecular formula is C12H17N3OS. The lowest BCUT2D eigenvalue weighted by Gasteiger charge is -2.24. The monoisotopic (exact) mass is 251 g/mol. The van der Waals surface area contributed by atoms with Gasteiger partial charge in [-0.3, -0.25) is 9.78 Å². The molecule has 1 aromatic rings. The molecule has 1 unspecified atom stereocenters. The van der Waals surface area contributed by atoms with Crippen molar-refractivity contribution in [3.05, 3.63) is 30.1 Å². The number of hydrogen-bond acceptors (Lipinski definition) is 3. The molecule has 0 aliphatic carbocycles. The van der Waals surface area contributed by atoms with Crippen LogP contribution in [0.5, 0.6) is 0 Å². The first-order valence-electron chi connectivity index (χ1n) is 5.36. The molecule has 1 amide bonds. The number of nitrogens with two attached hydrogens (primary N) is 1. The zero-order valence-corrected chi connectivity index (χ0v) is 11.0. The summed E-state index contributed by atoms with van der Waals surface area (Å²) in [6.07, 6.45) is 3.41. The van der Waals surface area contributed by atoms with Crippen molar-refractivity contribution in [2.45, 2.75) is 26.8 Å². The molecule has 0 aliphatic rings. The van der Waals surface area contributed by atoms with Crippen molar-refractivity contribution in [2.24, 2.45) is 11.1 Å². The van der Waals surface area contributed by atoms with Gasteiger partial charge in [0, 0.05) is 12.4 Å². The number of nitrogens with zero attached hydrogens (tertiary/aromatic N) is 1. The Morgan fingerprint density at radius 1 is 1.59 bits per heavy atom. The summed E-state index contributed by atoms with van der Waals surface area (Å²) in [6.45, 7) is 5.31. The molecule has 92 valence electrons. The number of carbonyl (C=O) groups is 1. The number of thiocarbonyl (C=S) groups is 1.